The SMILES string of the molecule is O=C(O)c1ccc(N2CCCN3CCCC3C2)nc1. The Hall–Kier alpha value is -1.62. The van der Waals surface area contributed by atoms with Gasteiger partial charge in [0.25, 0.3) is 0 Å². The van der Waals surface area contributed by atoms with Crippen LogP contribution in [0.1, 0.15) is 29.6 Å². The van der Waals surface area contributed by atoms with Gasteiger partial charge in [-0.1, -0.05) is 0 Å². The summed E-state index contributed by atoms with van der Waals surface area (Å²) >= 11 is 0. The summed E-state index contributed by atoms with van der Waals surface area (Å²) in [7, 11) is 0. The Kier molecular flexibility index (Phi) is 3.38. The molecule has 1 aromatic heterocycles. The summed E-state index contributed by atoms with van der Waals surface area (Å²) in [5.74, 6) is -0.0179. The Balaban J connectivity index is 1.75. The van der Waals surface area contributed by atoms with Gasteiger partial charge in [0.1, 0.15) is 5.82 Å². The minimum absolute atomic E-state index is 0.251. The van der Waals surface area contributed by atoms with Crippen LogP contribution in [0.15, 0.2) is 18.3 Å². The lowest BCUT2D eigenvalue weighted by Crippen LogP contribution is -2.36. The summed E-state index contributed by atoms with van der Waals surface area (Å²) in [5.41, 5.74) is 0.251. The van der Waals surface area contributed by atoms with Crippen LogP contribution in [0, 0.1) is 0 Å². The second-order valence-corrected chi connectivity index (χ2v) is 5.34. The third-order valence-electron chi connectivity index (χ3n) is 4.12. The molecule has 1 unspecified atom stereocenters. The number of carboxylic acids is 1. The van der Waals surface area contributed by atoms with Gasteiger partial charge < -0.3 is 10.0 Å². The lowest BCUT2D eigenvalue weighted by molar-refractivity contribution is 0.0696. The zero-order valence-corrected chi connectivity index (χ0v) is 11.0. The van der Waals surface area contributed by atoms with Crippen LogP contribution >= 0.6 is 0 Å². The van der Waals surface area contributed by atoms with E-state index in [1.165, 1.54) is 32.1 Å². The maximum atomic E-state index is 10.8. The monoisotopic (exact) mass is 261 g/mol. The number of anilines is 1. The number of aromatic nitrogens is 1. The average Bonchev–Trinajstić information content (AvgIpc) is 2.76. The predicted octanol–water partition coefficient (Wildman–Crippen LogP) is 1.45. The Labute approximate surface area is 112 Å². The van der Waals surface area contributed by atoms with Gasteiger partial charge in [0.05, 0.1) is 5.56 Å². The van der Waals surface area contributed by atoms with E-state index in [0.717, 1.165) is 25.3 Å². The molecule has 0 radical (unpaired) electrons. The maximum absolute atomic E-state index is 10.8. The van der Waals surface area contributed by atoms with Gasteiger partial charge in [-0.2, -0.15) is 0 Å². The third-order valence-corrected chi connectivity index (χ3v) is 4.12. The molecule has 2 saturated heterocycles. The molecule has 0 aliphatic carbocycles. The van der Waals surface area contributed by atoms with E-state index in [1.807, 2.05) is 6.07 Å². The maximum Gasteiger partial charge on any atom is 0.337 e. The van der Waals surface area contributed by atoms with E-state index in [4.69, 9.17) is 5.11 Å². The van der Waals surface area contributed by atoms with Crippen LogP contribution in [0.3, 0.4) is 0 Å². The van der Waals surface area contributed by atoms with Gasteiger partial charge in [0.15, 0.2) is 0 Å². The summed E-state index contributed by atoms with van der Waals surface area (Å²) < 4.78 is 0. The summed E-state index contributed by atoms with van der Waals surface area (Å²) in [5, 5.41) is 8.89. The smallest absolute Gasteiger partial charge is 0.337 e. The van der Waals surface area contributed by atoms with Crippen molar-refractivity contribution in [2.45, 2.75) is 25.3 Å². The normalized spacial score (nSPS) is 24.0. The van der Waals surface area contributed by atoms with Crippen molar-refractivity contribution in [2.75, 3.05) is 31.1 Å². The number of hydrogen-bond acceptors (Lipinski definition) is 4. The fourth-order valence-corrected chi connectivity index (χ4v) is 3.11. The van der Waals surface area contributed by atoms with Gasteiger partial charge in [0.2, 0.25) is 0 Å². The summed E-state index contributed by atoms with van der Waals surface area (Å²) in [6.45, 7) is 4.42. The van der Waals surface area contributed by atoms with Gasteiger partial charge >= 0.3 is 5.97 Å². The molecule has 102 valence electrons. The van der Waals surface area contributed by atoms with Crippen molar-refractivity contribution in [3.05, 3.63) is 23.9 Å². The molecule has 0 saturated carbocycles. The van der Waals surface area contributed by atoms with Crippen molar-refractivity contribution in [2.24, 2.45) is 0 Å². The summed E-state index contributed by atoms with van der Waals surface area (Å²) in [6.07, 6.45) is 5.17. The highest BCUT2D eigenvalue weighted by Gasteiger charge is 2.29. The molecule has 2 fully saturated rings. The van der Waals surface area contributed by atoms with E-state index in [2.05, 4.69) is 14.8 Å². The van der Waals surface area contributed by atoms with Crippen molar-refractivity contribution in [3.8, 4) is 0 Å². The van der Waals surface area contributed by atoms with Crippen molar-refractivity contribution >= 4 is 11.8 Å². The highest BCUT2D eigenvalue weighted by molar-refractivity contribution is 5.87. The minimum Gasteiger partial charge on any atom is -0.478 e. The van der Waals surface area contributed by atoms with Crippen molar-refractivity contribution < 1.29 is 9.90 Å². The lowest BCUT2D eigenvalue weighted by atomic mass is 10.2. The van der Waals surface area contributed by atoms with E-state index in [-0.39, 0.29) is 5.56 Å². The zero-order chi connectivity index (χ0) is 13.2. The van der Waals surface area contributed by atoms with Gasteiger partial charge in [-0.15, -0.1) is 0 Å². The van der Waals surface area contributed by atoms with Crippen molar-refractivity contribution in [1.29, 1.82) is 0 Å². The van der Waals surface area contributed by atoms with Gasteiger partial charge in [-0.25, -0.2) is 9.78 Å². The number of rotatable bonds is 2. The standard InChI is InChI=1S/C14H19N3O2/c18-14(19)11-4-5-13(15-9-11)17-8-2-7-16-6-1-3-12(16)10-17/h4-5,9,12H,1-3,6-8,10H2,(H,18,19). The molecule has 5 heteroatoms. The van der Waals surface area contributed by atoms with Crippen molar-refractivity contribution in [1.82, 2.24) is 9.88 Å². The Bertz CT molecular complexity index is 460. The number of carbonyl (C=O) groups is 1. The van der Waals surface area contributed by atoms with E-state index >= 15 is 0 Å². The molecule has 1 N–H and O–H groups in total. The molecule has 3 rings (SSSR count). The third kappa shape index (κ3) is 2.56. The molecule has 2 aliphatic heterocycles. The minimum atomic E-state index is -0.920. The zero-order valence-electron chi connectivity index (χ0n) is 11.0. The number of fused-ring (bicyclic) bond motifs is 1. The first kappa shape index (κ1) is 12.4. The Morgan fingerprint density at radius 3 is 2.84 bits per heavy atom. The number of hydrogen-bond donors (Lipinski definition) is 1. The number of pyridine rings is 1. The molecular formula is C14H19N3O2. The molecule has 3 heterocycles. The quantitative estimate of drug-likeness (QED) is 0.873. The topological polar surface area (TPSA) is 56.7 Å². The van der Waals surface area contributed by atoms with Crippen LogP contribution in [0.5, 0.6) is 0 Å². The van der Waals surface area contributed by atoms with Gasteiger partial charge in [-0.3, -0.25) is 4.90 Å². The molecule has 0 amide bonds. The first-order valence-corrected chi connectivity index (χ1v) is 6.92. The van der Waals surface area contributed by atoms with Crippen LogP contribution in [0.2, 0.25) is 0 Å². The molecule has 0 bridgehead atoms. The highest BCUT2D eigenvalue weighted by atomic mass is 16.4. The van der Waals surface area contributed by atoms with E-state index in [9.17, 15) is 4.79 Å². The number of carboxylic acid groups (broad SMARTS) is 1. The fraction of sp³-hybridized carbons (Fsp3) is 0.571. The summed E-state index contributed by atoms with van der Waals surface area (Å²) in [6, 6.07) is 4.11. The van der Waals surface area contributed by atoms with Crippen LogP contribution < -0.4 is 4.90 Å². The Morgan fingerprint density at radius 2 is 2.11 bits per heavy atom. The largest absolute Gasteiger partial charge is 0.478 e. The van der Waals surface area contributed by atoms with E-state index in [0.29, 0.717) is 6.04 Å². The molecule has 2 aliphatic rings. The number of nitrogens with zero attached hydrogens (tertiary/aromatic N) is 3. The predicted molar refractivity (Wildman–Crippen MR) is 72.6 cm³/mol. The molecule has 0 aromatic carbocycles. The van der Waals surface area contributed by atoms with Crippen LogP contribution in [-0.2, 0) is 0 Å². The molecule has 0 spiro atoms. The first-order valence-electron chi connectivity index (χ1n) is 6.92. The first-order chi connectivity index (χ1) is 9.24. The van der Waals surface area contributed by atoms with Gasteiger partial charge in [0, 0.05) is 31.9 Å². The lowest BCUT2D eigenvalue weighted by Gasteiger charge is -2.26. The average molecular weight is 261 g/mol. The van der Waals surface area contributed by atoms with Crippen molar-refractivity contribution in [3.63, 3.8) is 0 Å². The summed E-state index contributed by atoms with van der Waals surface area (Å²) in [4.78, 5) is 20.0. The van der Waals surface area contributed by atoms with Crippen LogP contribution in [-0.4, -0.2) is 53.2 Å². The van der Waals surface area contributed by atoms with Crippen LogP contribution in [0.25, 0.3) is 0 Å². The second-order valence-electron chi connectivity index (χ2n) is 5.34. The van der Waals surface area contributed by atoms with Crippen LogP contribution in [0.4, 0.5) is 5.82 Å². The second kappa shape index (κ2) is 5.17. The fourth-order valence-electron chi connectivity index (χ4n) is 3.11. The van der Waals surface area contributed by atoms with Gasteiger partial charge in [-0.05, 0) is 37.9 Å². The van der Waals surface area contributed by atoms with E-state index in [1.54, 1.807) is 6.07 Å². The molecule has 1 atom stereocenters. The molecule has 1 aromatic rings. The Morgan fingerprint density at radius 1 is 1.26 bits per heavy atom. The molecule has 5 nitrogen and oxygen atoms in total. The molecular weight excluding hydrogens is 242 g/mol. The van der Waals surface area contributed by atoms with E-state index < -0.39 is 5.97 Å². The highest BCUT2D eigenvalue weighted by Crippen LogP contribution is 2.24. The molecule has 19 heavy (non-hydrogen) atoms. The number of aromatic carboxylic acids is 1.